The Morgan fingerprint density at radius 2 is 2.00 bits per heavy atom. The van der Waals surface area contributed by atoms with Crippen molar-refractivity contribution in [2.24, 2.45) is 7.05 Å². The van der Waals surface area contributed by atoms with Gasteiger partial charge in [0.05, 0.1) is 40.5 Å². The minimum Gasteiger partial charge on any atom is -0.352 e. The van der Waals surface area contributed by atoms with Gasteiger partial charge in [-0.25, -0.2) is 9.97 Å². The fraction of sp³-hybridized carbons (Fsp3) is 0.111. The molecule has 0 aromatic carbocycles. The summed E-state index contributed by atoms with van der Waals surface area (Å²) in [6.45, 7) is 1.98. The van der Waals surface area contributed by atoms with Gasteiger partial charge in [0.25, 0.3) is 0 Å². The summed E-state index contributed by atoms with van der Waals surface area (Å²) < 4.78 is 2.03. The highest BCUT2D eigenvalue weighted by atomic mass is 15.1. The zero-order valence-electron chi connectivity index (χ0n) is 13.8. The average molecular weight is 329 g/mol. The van der Waals surface area contributed by atoms with E-state index in [1.54, 1.807) is 6.20 Å². The Bertz CT molecular complexity index is 1190. The lowest BCUT2D eigenvalue weighted by atomic mass is 10.2. The van der Waals surface area contributed by atoms with Crippen molar-refractivity contribution in [1.82, 2.24) is 34.7 Å². The molecule has 5 heterocycles. The van der Waals surface area contributed by atoms with Gasteiger partial charge in [-0.05, 0) is 31.2 Å². The van der Waals surface area contributed by atoms with Gasteiger partial charge in [0.15, 0.2) is 0 Å². The Kier molecular flexibility index (Phi) is 2.79. The quantitative estimate of drug-likeness (QED) is 0.520. The number of H-pyrrole nitrogens is 2. The first-order valence-electron chi connectivity index (χ1n) is 7.97. The highest BCUT2D eigenvalue weighted by Crippen LogP contribution is 2.29. The molecule has 7 heteroatoms. The molecular formula is C18H15N7. The summed E-state index contributed by atoms with van der Waals surface area (Å²) in [4.78, 5) is 16.7. The fourth-order valence-electron chi connectivity index (χ4n) is 3.07. The van der Waals surface area contributed by atoms with E-state index in [1.807, 2.05) is 49.1 Å². The molecule has 0 spiro atoms. The molecule has 0 atom stereocenters. The highest BCUT2D eigenvalue weighted by Gasteiger charge is 2.15. The molecule has 2 N–H and O–H groups in total. The van der Waals surface area contributed by atoms with Crippen LogP contribution in [-0.4, -0.2) is 34.7 Å². The monoisotopic (exact) mass is 329 g/mol. The van der Waals surface area contributed by atoms with Crippen LogP contribution in [0.15, 0.2) is 42.9 Å². The number of imidazole rings is 1. The van der Waals surface area contributed by atoms with E-state index in [-0.39, 0.29) is 0 Å². The molecule has 25 heavy (non-hydrogen) atoms. The van der Waals surface area contributed by atoms with Crippen LogP contribution in [0.3, 0.4) is 0 Å². The maximum atomic E-state index is 4.84. The van der Waals surface area contributed by atoms with Crippen LogP contribution in [0.2, 0.25) is 0 Å². The number of rotatable bonds is 2. The van der Waals surface area contributed by atoms with Gasteiger partial charge in [-0.15, -0.1) is 0 Å². The van der Waals surface area contributed by atoms with E-state index >= 15 is 0 Å². The third kappa shape index (κ3) is 2.06. The lowest BCUT2D eigenvalue weighted by Crippen LogP contribution is -1.96. The summed E-state index contributed by atoms with van der Waals surface area (Å²) >= 11 is 0. The van der Waals surface area contributed by atoms with Crippen molar-refractivity contribution in [3.63, 3.8) is 0 Å². The van der Waals surface area contributed by atoms with Gasteiger partial charge in [0.1, 0.15) is 17.0 Å². The van der Waals surface area contributed by atoms with E-state index in [4.69, 9.17) is 4.98 Å². The number of aryl methyl sites for hydroxylation is 1. The first-order chi connectivity index (χ1) is 12.2. The summed E-state index contributed by atoms with van der Waals surface area (Å²) in [5.41, 5.74) is 6.27. The molecule has 7 nitrogen and oxygen atoms in total. The Balaban J connectivity index is 1.71. The molecule has 0 amide bonds. The van der Waals surface area contributed by atoms with Crippen LogP contribution in [0.5, 0.6) is 0 Å². The molecule has 0 saturated heterocycles. The molecule has 0 aliphatic carbocycles. The number of nitrogens with one attached hydrogen (secondary N) is 2. The smallest absolute Gasteiger partial charge is 0.135 e. The third-order valence-corrected chi connectivity index (χ3v) is 4.57. The Morgan fingerprint density at radius 1 is 1.08 bits per heavy atom. The van der Waals surface area contributed by atoms with E-state index < -0.39 is 0 Å². The van der Waals surface area contributed by atoms with E-state index in [9.17, 15) is 0 Å². The lowest BCUT2D eigenvalue weighted by Gasteiger charge is -2.03. The second-order valence-electron chi connectivity index (χ2n) is 6.06. The van der Waals surface area contributed by atoms with Crippen molar-refractivity contribution >= 4 is 21.9 Å². The predicted octanol–water partition coefficient (Wildman–Crippen LogP) is 3.21. The van der Waals surface area contributed by atoms with Crippen LogP contribution in [-0.2, 0) is 7.05 Å². The summed E-state index contributed by atoms with van der Waals surface area (Å²) in [5.74, 6) is 0.951. The average Bonchev–Trinajstić information content (AvgIpc) is 3.31. The first-order valence-corrected chi connectivity index (χ1v) is 7.97. The van der Waals surface area contributed by atoms with Gasteiger partial charge in [-0.3, -0.25) is 10.1 Å². The maximum absolute atomic E-state index is 4.84. The summed E-state index contributed by atoms with van der Waals surface area (Å²) in [6.07, 6.45) is 5.44. The molecule has 0 aliphatic heterocycles. The van der Waals surface area contributed by atoms with Crippen LogP contribution in [0.1, 0.15) is 5.82 Å². The molecule has 0 fully saturated rings. The summed E-state index contributed by atoms with van der Waals surface area (Å²) in [5, 5.41) is 8.62. The predicted molar refractivity (Wildman–Crippen MR) is 95.9 cm³/mol. The molecule has 5 aromatic rings. The molecule has 0 aliphatic rings. The number of hydrogen-bond acceptors (Lipinski definition) is 4. The molecule has 0 radical (unpaired) electrons. The van der Waals surface area contributed by atoms with Gasteiger partial charge < -0.3 is 9.55 Å². The SMILES string of the molecule is Cc1ncc(-c2ccc3[nH]nc(-c4cc5ccncc5[nH]4)c3n2)n1C. The molecule has 0 bridgehead atoms. The molecule has 5 aromatic heterocycles. The minimum absolute atomic E-state index is 0.798. The van der Waals surface area contributed by atoms with Crippen LogP contribution in [0, 0.1) is 6.92 Å². The largest absolute Gasteiger partial charge is 0.352 e. The number of pyridine rings is 2. The van der Waals surface area contributed by atoms with Crippen LogP contribution in [0.25, 0.3) is 44.7 Å². The molecule has 0 saturated carbocycles. The second-order valence-corrected chi connectivity index (χ2v) is 6.06. The van der Waals surface area contributed by atoms with Crippen molar-refractivity contribution in [2.45, 2.75) is 6.92 Å². The number of aromatic amines is 2. The van der Waals surface area contributed by atoms with Crippen molar-refractivity contribution in [3.8, 4) is 22.8 Å². The molecular weight excluding hydrogens is 314 g/mol. The Morgan fingerprint density at radius 3 is 2.80 bits per heavy atom. The van der Waals surface area contributed by atoms with Crippen LogP contribution < -0.4 is 0 Å². The van der Waals surface area contributed by atoms with E-state index in [0.717, 1.165) is 50.5 Å². The Hall–Kier alpha value is -3.48. The van der Waals surface area contributed by atoms with Crippen molar-refractivity contribution in [3.05, 3.63) is 48.7 Å². The van der Waals surface area contributed by atoms with Gasteiger partial charge in [-0.2, -0.15) is 5.10 Å². The van der Waals surface area contributed by atoms with Gasteiger partial charge in [-0.1, -0.05) is 0 Å². The van der Waals surface area contributed by atoms with E-state index in [0.29, 0.717) is 0 Å². The number of aromatic nitrogens is 7. The van der Waals surface area contributed by atoms with Crippen molar-refractivity contribution in [1.29, 1.82) is 0 Å². The molecule has 0 unspecified atom stereocenters. The highest BCUT2D eigenvalue weighted by molar-refractivity contribution is 5.93. The molecule has 5 rings (SSSR count). The number of hydrogen-bond donors (Lipinski definition) is 2. The number of nitrogens with zero attached hydrogens (tertiary/aromatic N) is 5. The van der Waals surface area contributed by atoms with E-state index in [2.05, 4.69) is 31.2 Å². The zero-order valence-corrected chi connectivity index (χ0v) is 13.8. The number of fused-ring (bicyclic) bond motifs is 2. The van der Waals surface area contributed by atoms with Gasteiger partial charge >= 0.3 is 0 Å². The van der Waals surface area contributed by atoms with Crippen LogP contribution in [0.4, 0.5) is 0 Å². The van der Waals surface area contributed by atoms with Gasteiger partial charge in [0, 0.05) is 18.6 Å². The summed E-state index contributed by atoms with van der Waals surface area (Å²) in [6, 6.07) is 8.02. The maximum Gasteiger partial charge on any atom is 0.135 e. The van der Waals surface area contributed by atoms with Crippen molar-refractivity contribution in [2.75, 3.05) is 0 Å². The molecule has 122 valence electrons. The topological polar surface area (TPSA) is 88.1 Å². The first kappa shape index (κ1) is 13.9. The zero-order chi connectivity index (χ0) is 17.0. The van der Waals surface area contributed by atoms with Crippen LogP contribution >= 0.6 is 0 Å². The van der Waals surface area contributed by atoms with Crippen molar-refractivity contribution < 1.29 is 0 Å². The summed E-state index contributed by atoms with van der Waals surface area (Å²) in [7, 11) is 1.99. The minimum atomic E-state index is 0.798. The lowest BCUT2D eigenvalue weighted by molar-refractivity contribution is 0.862. The third-order valence-electron chi connectivity index (χ3n) is 4.57. The normalized spacial score (nSPS) is 11.6. The standard InChI is InChI=1S/C18H15N7/c1-10-20-9-16(25(10)2)12-3-4-13-17(22-12)18(24-23-13)14-7-11-5-6-19-8-15(11)21-14/h3-9,21H,1-2H3,(H,23,24). The second kappa shape index (κ2) is 5.01. The van der Waals surface area contributed by atoms with Gasteiger partial charge in [0.2, 0.25) is 0 Å². The fourth-order valence-corrected chi connectivity index (χ4v) is 3.07. The van der Waals surface area contributed by atoms with E-state index in [1.165, 1.54) is 0 Å². The Labute approximate surface area is 142 Å².